The van der Waals surface area contributed by atoms with Crippen LogP contribution in [-0.4, -0.2) is 61.3 Å². The van der Waals surface area contributed by atoms with E-state index in [0.29, 0.717) is 30.3 Å². The van der Waals surface area contributed by atoms with E-state index in [2.05, 4.69) is 15.1 Å². The molecule has 1 aromatic rings. The zero-order valence-electron chi connectivity index (χ0n) is 13.5. The molecule has 0 saturated carbocycles. The van der Waals surface area contributed by atoms with Gasteiger partial charge in [0.1, 0.15) is 0 Å². The first kappa shape index (κ1) is 16.1. The van der Waals surface area contributed by atoms with Gasteiger partial charge in [-0.1, -0.05) is 0 Å². The van der Waals surface area contributed by atoms with Gasteiger partial charge in [0, 0.05) is 56.7 Å². The number of aliphatic hydroxyl groups is 1. The minimum Gasteiger partial charge on any atom is -0.398 e. The number of hydrogen-bond acceptors (Lipinski definition) is 5. The van der Waals surface area contributed by atoms with E-state index >= 15 is 0 Å². The number of rotatable bonds is 5. The summed E-state index contributed by atoms with van der Waals surface area (Å²) in [6.07, 6.45) is 2.92. The van der Waals surface area contributed by atoms with Crippen LogP contribution in [0.15, 0.2) is 18.2 Å². The van der Waals surface area contributed by atoms with Gasteiger partial charge in [0.05, 0.1) is 5.56 Å². The van der Waals surface area contributed by atoms with Crippen molar-refractivity contribution in [1.82, 2.24) is 10.2 Å². The summed E-state index contributed by atoms with van der Waals surface area (Å²) in [7, 11) is 0. The Morgan fingerprint density at radius 1 is 1.26 bits per heavy atom. The molecule has 3 aliphatic rings. The average Bonchev–Trinajstić information content (AvgIpc) is 2.89. The summed E-state index contributed by atoms with van der Waals surface area (Å²) in [6, 6.07) is 6.32. The monoisotopic (exact) mass is 318 g/mol. The molecule has 1 aromatic carbocycles. The number of hydrogen-bond donors (Lipinski definition) is 3. The molecule has 3 saturated heterocycles. The Kier molecular flexibility index (Phi) is 5.03. The van der Waals surface area contributed by atoms with Gasteiger partial charge < -0.3 is 26.0 Å². The minimum atomic E-state index is -0.166. The van der Waals surface area contributed by atoms with Crippen molar-refractivity contribution >= 4 is 17.3 Å². The molecular formula is C17H26N4O2. The highest BCUT2D eigenvalue weighted by atomic mass is 16.3. The first-order chi connectivity index (χ1) is 11.2. The number of anilines is 2. The number of nitrogens with zero attached hydrogens (tertiary/aromatic N) is 2. The average molecular weight is 318 g/mol. The molecule has 0 aromatic heterocycles. The van der Waals surface area contributed by atoms with Gasteiger partial charge in [-0.2, -0.15) is 0 Å². The van der Waals surface area contributed by atoms with Crippen molar-refractivity contribution in [3.05, 3.63) is 23.8 Å². The molecule has 0 radical (unpaired) electrons. The van der Waals surface area contributed by atoms with Crippen molar-refractivity contribution in [3.8, 4) is 0 Å². The molecule has 2 bridgehead atoms. The van der Waals surface area contributed by atoms with E-state index in [4.69, 9.17) is 10.8 Å². The van der Waals surface area contributed by atoms with Crippen molar-refractivity contribution in [2.24, 2.45) is 0 Å². The number of amides is 1. The second kappa shape index (κ2) is 7.19. The van der Waals surface area contributed by atoms with Gasteiger partial charge in [-0.25, -0.2) is 0 Å². The van der Waals surface area contributed by atoms with Crippen LogP contribution < -0.4 is 16.0 Å². The lowest BCUT2D eigenvalue weighted by Crippen LogP contribution is -2.38. The molecule has 6 nitrogen and oxygen atoms in total. The molecule has 0 atom stereocenters. The van der Waals surface area contributed by atoms with Crippen LogP contribution in [0, 0.1) is 0 Å². The first-order valence-electron chi connectivity index (χ1n) is 8.46. The van der Waals surface area contributed by atoms with E-state index in [1.807, 2.05) is 18.2 Å². The van der Waals surface area contributed by atoms with Gasteiger partial charge in [0.25, 0.3) is 5.91 Å². The fourth-order valence-corrected chi connectivity index (χ4v) is 3.52. The minimum absolute atomic E-state index is 0.0712. The van der Waals surface area contributed by atoms with Crippen LogP contribution in [0.1, 0.15) is 29.6 Å². The lowest BCUT2D eigenvalue weighted by molar-refractivity contribution is 0.0952. The summed E-state index contributed by atoms with van der Waals surface area (Å²) in [4.78, 5) is 17.2. The maximum absolute atomic E-state index is 12.3. The van der Waals surface area contributed by atoms with Gasteiger partial charge in [-0.15, -0.1) is 0 Å². The van der Waals surface area contributed by atoms with Crippen LogP contribution in [-0.2, 0) is 0 Å². The van der Waals surface area contributed by atoms with Crippen molar-refractivity contribution in [3.63, 3.8) is 0 Å². The highest BCUT2D eigenvalue weighted by Gasteiger charge is 2.29. The normalized spacial score (nSPS) is 23.6. The fraction of sp³-hybridized carbons (Fsp3) is 0.588. The molecule has 3 aliphatic heterocycles. The Morgan fingerprint density at radius 3 is 2.78 bits per heavy atom. The van der Waals surface area contributed by atoms with E-state index in [1.165, 1.54) is 25.9 Å². The number of benzene rings is 1. The summed E-state index contributed by atoms with van der Waals surface area (Å²) < 4.78 is 0. The number of nitrogens with one attached hydrogen (secondary N) is 1. The zero-order valence-corrected chi connectivity index (χ0v) is 13.5. The van der Waals surface area contributed by atoms with Gasteiger partial charge in [-0.05, 0) is 37.5 Å². The number of nitrogens with two attached hydrogens (primary N) is 1. The quantitative estimate of drug-likeness (QED) is 0.549. The molecule has 3 heterocycles. The second-order valence-electron chi connectivity index (χ2n) is 6.37. The number of aliphatic hydroxyl groups excluding tert-OH is 1. The van der Waals surface area contributed by atoms with E-state index in [9.17, 15) is 4.79 Å². The molecule has 1 amide bonds. The smallest absolute Gasteiger partial charge is 0.253 e. The topological polar surface area (TPSA) is 81.8 Å². The van der Waals surface area contributed by atoms with Crippen molar-refractivity contribution < 1.29 is 9.90 Å². The van der Waals surface area contributed by atoms with Crippen LogP contribution in [0.25, 0.3) is 0 Å². The van der Waals surface area contributed by atoms with Crippen LogP contribution >= 0.6 is 0 Å². The molecular weight excluding hydrogens is 292 g/mol. The largest absolute Gasteiger partial charge is 0.398 e. The molecule has 23 heavy (non-hydrogen) atoms. The lowest BCUT2D eigenvalue weighted by Gasteiger charge is -2.33. The molecule has 3 fully saturated rings. The molecule has 4 N–H and O–H groups in total. The van der Waals surface area contributed by atoms with E-state index in [-0.39, 0.29) is 12.5 Å². The highest BCUT2D eigenvalue weighted by Crippen LogP contribution is 2.29. The Morgan fingerprint density at radius 2 is 2.04 bits per heavy atom. The lowest BCUT2D eigenvalue weighted by atomic mass is 10.0. The summed E-state index contributed by atoms with van der Waals surface area (Å²) in [6.45, 7) is 4.95. The predicted molar refractivity (Wildman–Crippen MR) is 91.7 cm³/mol. The SMILES string of the molecule is Nc1ccc(N2CCN3CCC2CC3)cc1C(=O)NCCCO. The number of fused-ring (bicyclic) bond motifs is 4. The summed E-state index contributed by atoms with van der Waals surface area (Å²) in [5, 5.41) is 11.6. The van der Waals surface area contributed by atoms with Gasteiger partial charge in [0.15, 0.2) is 0 Å². The van der Waals surface area contributed by atoms with Crippen LogP contribution in [0.4, 0.5) is 11.4 Å². The standard InChI is InChI=1S/C17H26N4O2/c18-16-3-2-14(12-15(16)17(23)19-6-1-11-22)21-10-9-20-7-4-13(21)5-8-20/h2-3,12-13,22H,1,4-11,18H2,(H,19,23). The molecule has 0 spiro atoms. The Hall–Kier alpha value is -1.79. The van der Waals surface area contributed by atoms with Crippen molar-refractivity contribution in [2.75, 3.05) is 50.0 Å². The van der Waals surface area contributed by atoms with Crippen molar-refractivity contribution in [1.29, 1.82) is 0 Å². The number of carbonyl (C=O) groups is 1. The van der Waals surface area contributed by atoms with Gasteiger partial charge in [-0.3, -0.25) is 4.79 Å². The third-order valence-electron chi connectivity index (χ3n) is 4.89. The second-order valence-corrected chi connectivity index (χ2v) is 6.37. The Balaban J connectivity index is 1.78. The number of piperidine rings is 1. The Labute approximate surface area is 137 Å². The van der Waals surface area contributed by atoms with Gasteiger partial charge in [0.2, 0.25) is 0 Å². The maximum Gasteiger partial charge on any atom is 0.253 e. The van der Waals surface area contributed by atoms with Crippen molar-refractivity contribution in [2.45, 2.75) is 25.3 Å². The number of nitrogen functional groups attached to an aromatic ring is 1. The highest BCUT2D eigenvalue weighted by molar-refractivity contribution is 6.00. The maximum atomic E-state index is 12.3. The summed E-state index contributed by atoms with van der Waals surface area (Å²) in [5.74, 6) is -0.166. The summed E-state index contributed by atoms with van der Waals surface area (Å²) >= 11 is 0. The predicted octanol–water partition coefficient (Wildman–Crippen LogP) is 0.665. The van der Waals surface area contributed by atoms with Crippen LogP contribution in [0.2, 0.25) is 0 Å². The fourth-order valence-electron chi connectivity index (χ4n) is 3.52. The first-order valence-corrected chi connectivity index (χ1v) is 8.46. The van der Waals surface area contributed by atoms with Crippen LogP contribution in [0.5, 0.6) is 0 Å². The van der Waals surface area contributed by atoms with Gasteiger partial charge >= 0.3 is 0 Å². The zero-order chi connectivity index (χ0) is 16.2. The van der Waals surface area contributed by atoms with E-state index in [1.54, 1.807) is 0 Å². The molecule has 126 valence electrons. The molecule has 0 aliphatic carbocycles. The molecule has 6 heteroatoms. The van der Waals surface area contributed by atoms with Crippen LogP contribution in [0.3, 0.4) is 0 Å². The van der Waals surface area contributed by atoms with E-state index in [0.717, 1.165) is 18.8 Å². The summed E-state index contributed by atoms with van der Waals surface area (Å²) in [5.41, 5.74) is 8.10. The molecule has 0 unspecified atom stereocenters. The molecule has 4 rings (SSSR count). The van der Waals surface area contributed by atoms with E-state index < -0.39 is 0 Å². The third-order valence-corrected chi connectivity index (χ3v) is 4.89. The third kappa shape index (κ3) is 3.59. The number of carbonyl (C=O) groups excluding carboxylic acids is 1. The Bertz CT molecular complexity index is 556.